The van der Waals surface area contributed by atoms with Crippen molar-refractivity contribution in [3.05, 3.63) is 302 Å². The Morgan fingerprint density at radius 1 is 0.337 bits per heavy atom. The summed E-state index contributed by atoms with van der Waals surface area (Å²) in [6.07, 6.45) is 7.98. The van der Waals surface area contributed by atoms with Crippen molar-refractivity contribution < 1.29 is 8.83 Å². The average Bonchev–Trinajstić information content (AvgIpc) is 1.80. The van der Waals surface area contributed by atoms with E-state index in [1.54, 1.807) is 0 Å². The van der Waals surface area contributed by atoms with Gasteiger partial charge in [-0.1, -0.05) is 216 Å². The van der Waals surface area contributed by atoms with Gasteiger partial charge in [0.1, 0.15) is 22.3 Å². The van der Waals surface area contributed by atoms with Gasteiger partial charge in [-0.2, -0.15) is 0 Å². The molecule has 83 heavy (non-hydrogen) atoms. The van der Waals surface area contributed by atoms with Crippen LogP contribution in [0.15, 0.2) is 233 Å². The Bertz CT molecular complexity index is 5260. The summed E-state index contributed by atoms with van der Waals surface area (Å²) >= 11 is 0. The van der Waals surface area contributed by atoms with Gasteiger partial charge in [0.2, 0.25) is 0 Å². The molecule has 0 amide bonds. The molecular formula is C81H54O2. The predicted molar refractivity (Wildman–Crippen MR) is 339 cm³/mol. The highest BCUT2D eigenvalue weighted by molar-refractivity contribution is 6.21. The molecule has 11 aromatic carbocycles. The first kappa shape index (κ1) is 45.2. The van der Waals surface area contributed by atoms with Crippen molar-refractivity contribution in [2.24, 2.45) is 0 Å². The quantitative estimate of drug-likeness (QED) is 0.172. The molecule has 0 radical (unpaired) electrons. The highest BCUT2D eigenvalue weighted by Gasteiger charge is 2.58. The van der Waals surface area contributed by atoms with E-state index in [4.69, 9.17) is 8.83 Å². The molecule has 2 nitrogen and oxygen atoms in total. The second-order valence-corrected chi connectivity index (χ2v) is 25.9. The lowest BCUT2D eigenvalue weighted by molar-refractivity contribution is 0.599. The van der Waals surface area contributed by atoms with Gasteiger partial charge in [-0.3, -0.25) is 0 Å². The molecule has 2 aromatic heterocycles. The van der Waals surface area contributed by atoms with Gasteiger partial charge in [-0.25, -0.2) is 0 Å². The molecular weight excluding hydrogens is 1000 g/mol. The molecule has 0 saturated heterocycles. The number of allylic oxidation sites excluding steroid dienone is 4. The Labute approximate surface area is 481 Å². The van der Waals surface area contributed by atoms with Crippen LogP contribution in [-0.4, -0.2) is 0 Å². The molecule has 0 fully saturated rings. The van der Waals surface area contributed by atoms with Crippen LogP contribution in [-0.2, 0) is 28.1 Å². The van der Waals surface area contributed by atoms with Gasteiger partial charge in [-0.05, 0) is 189 Å². The number of hydrogen-bond acceptors (Lipinski definition) is 2. The first-order valence-corrected chi connectivity index (χ1v) is 29.9. The van der Waals surface area contributed by atoms with Gasteiger partial charge in [0.05, 0.1) is 10.8 Å². The van der Waals surface area contributed by atoms with Crippen molar-refractivity contribution in [3.8, 4) is 55.6 Å². The minimum absolute atomic E-state index is 0.209. The van der Waals surface area contributed by atoms with E-state index in [1.165, 1.54) is 166 Å². The van der Waals surface area contributed by atoms with E-state index in [2.05, 4.69) is 246 Å². The van der Waals surface area contributed by atoms with Gasteiger partial charge in [0.15, 0.2) is 0 Å². The van der Waals surface area contributed by atoms with E-state index in [1.807, 2.05) is 0 Å². The van der Waals surface area contributed by atoms with Crippen molar-refractivity contribution >= 4 is 49.5 Å². The molecule has 390 valence electrons. The lowest BCUT2D eigenvalue weighted by atomic mass is 9.68. The molecule has 20 rings (SSSR count). The van der Waals surface area contributed by atoms with Crippen LogP contribution in [0.25, 0.3) is 105 Å². The first-order chi connectivity index (χ1) is 40.7. The summed E-state index contributed by atoms with van der Waals surface area (Å²) in [6, 6.07) is 79.3. The average molecular weight is 1060 g/mol. The molecule has 1 unspecified atom stereocenters. The first-order valence-electron chi connectivity index (χ1n) is 29.9. The van der Waals surface area contributed by atoms with Crippen LogP contribution >= 0.6 is 0 Å². The fourth-order valence-electron chi connectivity index (χ4n) is 18.4. The molecule has 1 atom stereocenters. The fraction of sp³-hybridized carbons (Fsp3) is 0.136. The summed E-state index contributed by atoms with van der Waals surface area (Å²) in [5.41, 5.74) is 37.5. The lowest BCUT2D eigenvalue weighted by Gasteiger charge is -2.33. The zero-order valence-electron chi connectivity index (χ0n) is 46.7. The molecule has 7 aliphatic rings. The fourth-order valence-corrected chi connectivity index (χ4v) is 18.4. The van der Waals surface area contributed by atoms with E-state index < -0.39 is 10.8 Å². The summed E-state index contributed by atoms with van der Waals surface area (Å²) < 4.78 is 13.8. The maximum Gasteiger partial charge on any atom is 0.144 e. The van der Waals surface area contributed by atoms with Gasteiger partial charge in [0.25, 0.3) is 0 Å². The van der Waals surface area contributed by atoms with Crippen molar-refractivity contribution in [2.75, 3.05) is 0 Å². The van der Waals surface area contributed by atoms with Crippen molar-refractivity contribution in [1.82, 2.24) is 0 Å². The molecule has 0 aliphatic heterocycles. The maximum absolute atomic E-state index is 7.02. The Morgan fingerprint density at radius 3 is 1.60 bits per heavy atom. The smallest absolute Gasteiger partial charge is 0.144 e. The summed E-state index contributed by atoms with van der Waals surface area (Å²) in [7, 11) is 0. The molecule has 2 spiro atoms. The third-order valence-corrected chi connectivity index (χ3v) is 21.5. The minimum atomic E-state index is -0.557. The lowest BCUT2D eigenvalue weighted by Crippen LogP contribution is -2.27. The van der Waals surface area contributed by atoms with Gasteiger partial charge >= 0.3 is 0 Å². The highest BCUT2D eigenvalue weighted by Crippen LogP contribution is 2.70. The summed E-state index contributed by atoms with van der Waals surface area (Å²) in [4.78, 5) is 0. The van der Waals surface area contributed by atoms with Gasteiger partial charge in [-0.15, -0.1) is 0 Å². The Hall–Kier alpha value is -9.50. The molecule has 13 aromatic rings. The minimum Gasteiger partial charge on any atom is -0.456 e. The third-order valence-electron chi connectivity index (χ3n) is 21.5. The van der Waals surface area contributed by atoms with Crippen LogP contribution in [0, 0.1) is 0 Å². The topological polar surface area (TPSA) is 26.3 Å². The molecule has 0 saturated carbocycles. The van der Waals surface area contributed by atoms with E-state index in [0.29, 0.717) is 0 Å². The number of furan rings is 2. The summed E-state index contributed by atoms with van der Waals surface area (Å²) in [5.74, 6) is 0. The van der Waals surface area contributed by atoms with Crippen molar-refractivity contribution in [3.63, 3.8) is 0 Å². The van der Waals surface area contributed by atoms with E-state index in [-0.39, 0.29) is 10.8 Å². The van der Waals surface area contributed by atoms with Crippen molar-refractivity contribution in [2.45, 2.75) is 68.6 Å². The summed E-state index contributed by atoms with van der Waals surface area (Å²) in [5, 5.41) is 4.81. The molecule has 2 heterocycles. The maximum atomic E-state index is 7.02. The Kier molecular flexibility index (Phi) is 8.13. The zero-order valence-corrected chi connectivity index (χ0v) is 46.7. The number of fused-ring (bicyclic) bond motifs is 36. The van der Waals surface area contributed by atoms with Crippen LogP contribution in [0.2, 0.25) is 0 Å². The highest BCUT2D eigenvalue weighted by atomic mass is 16.3. The second kappa shape index (κ2) is 14.9. The van der Waals surface area contributed by atoms with Crippen LogP contribution < -0.4 is 0 Å². The van der Waals surface area contributed by atoms with E-state index >= 15 is 0 Å². The zero-order chi connectivity index (χ0) is 54.6. The normalized spacial score (nSPS) is 18.3. The summed E-state index contributed by atoms with van der Waals surface area (Å²) in [6.45, 7) is 9.81. The van der Waals surface area contributed by atoms with Crippen LogP contribution in [0.4, 0.5) is 0 Å². The predicted octanol–water partition coefficient (Wildman–Crippen LogP) is 20.5. The number of benzene rings is 11. The molecule has 7 aliphatic carbocycles. The van der Waals surface area contributed by atoms with E-state index in [0.717, 1.165) is 41.6 Å². The largest absolute Gasteiger partial charge is 0.456 e. The van der Waals surface area contributed by atoms with E-state index in [9.17, 15) is 0 Å². The van der Waals surface area contributed by atoms with Crippen LogP contribution in [0.5, 0.6) is 0 Å². The van der Waals surface area contributed by atoms with Gasteiger partial charge in [0, 0.05) is 37.9 Å². The monoisotopic (exact) mass is 1060 g/mol. The Balaban J connectivity index is 0.814. The molecule has 2 heteroatoms. The Morgan fingerprint density at radius 2 is 0.855 bits per heavy atom. The second-order valence-electron chi connectivity index (χ2n) is 25.9. The molecule has 0 N–H and O–H groups in total. The standard InChI is InChI=1S/C81H54O2/c1-78(2)57-26-12-9-23-51(57)74-76(78)75-72(73-54-25-11-18-32-68(54)83-77(73)74)52-36-34-44(40-63(52)79(75,3)4)39-45-33-35-50-55-42-66-56(43-65(55)81(64(50)41-45)60-29-15-7-21-48(60)49-22-8-16-30-61(49)81)70-62(37-38-69-71(70)53-24-10-17-31-67(53)82-69)80(66)58-27-13-5-19-46(58)47-20-6-14-28-59(47)80/h5,7-13,15-38,40-43H,6,14,39H2,1-4H3. The van der Waals surface area contributed by atoms with Crippen LogP contribution in [0.3, 0.4) is 0 Å². The van der Waals surface area contributed by atoms with Gasteiger partial charge < -0.3 is 8.83 Å². The third kappa shape index (κ3) is 5.07. The number of hydrogen-bond donors (Lipinski definition) is 0. The SMILES string of the molecule is CC1(C)c2ccccc2-c2c1c1c(c3c2oc2ccccc23)-c2ccc(Cc3ccc4c(c3)C3(c5ccccc5-c5ccccc53)c3cc5c(cc3-4)C3(C4=CCCC=C4c4ccccc43)c3ccc4oc6ccccc6c4c3-5)cc2C1(C)C. The number of para-hydroxylation sites is 2. The number of rotatable bonds is 2. The molecule has 0 bridgehead atoms. The van der Waals surface area contributed by atoms with Crippen LogP contribution in [0.1, 0.15) is 118 Å². The van der Waals surface area contributed by atoms with Crippen molar-refractivity contribution in [1.29, 1.82) is 0 Å².